The Labute approximate surface area is 131 Å². The fourth-order valence-corrected chi connectivity index (χ4v) is 4.39. The van der Waals surface area contributed by atoms with Gasteiger partial charge in [-0.2, -0.15) is 0 Å². The van der Waals surface area contributed by atoms with Crippen LogP contribution in [0.2, 0.25) is 0 Å². The van der Waals surface area contributed by atoms with E-state index in [1.165, 1.54) is 9.40 Å². The van der Waals surface area contributed by atoms with Gasteiger partial charge in [0, 0.05) is 20.7 Å². The Kier molecular flexibility index (Phi) is 4.14. The number of benzene rings is 1. The minimum atomic E-state index is -0.493. The van der Waals surface area contributed by atoms with Crippen LogP contribution in [-0.4, -0.2) is 19.3 Å². The first-order chi connectivity index (χ1) is 10.2. The number of rotatable bonds is 5. The number of thiophene rings is 2. The van der Waals surface area contributed by atoms with Gasteiger partial charge in [-0.3, -0.25) is 0 Å². The number of hydrogen-bond acceptors (Lipinski definition) is 5. The first kappa shape index (κ1) is 14.4. The molecule has 0 aliphatic rings. The molecule has 3 nitrogen and oxygen atoms in total. The zero-order valence-electron chi connectivity index (χ0n) is 11.8. The molecule has 0 aliphatic heterocycles. The summed E-state index contributed by atoms with van der Waals surface area (Å²) in [6.07, 6.45) is 0.0708. The van der Waals surface area contributed by atoms with Gasteiger partial charge in [0.25, 0.3) is 0 Å². The topological polar surface area (TPSA) is 38.7 Å². The average Bonchev–Trinajstić information content (AvgIpc) is 3.08. The zero-order chi connectivity index (χ0) is 14.8. The minimum Gasteiger partial charge on any atom is -0.493 e. The van der Waals surface area contributed by atoms with Gasteiger partial charge in [-0.1, -0.05) is 6.07 Å². The van der Waals surface area contributed by atoms with E-state index in [-0.39, 0.29) is 0 Å². The van der Waals surface area contributed by atoms with Crippen molar-refractivity contribution in [1.82, 2.24) is 0 Å². The van der Waals surface area contributed by atoms with Gasteiger partial charge in [0.1, 0.15) is 0 Å². The molecule has 2 aromatic heterocycles. The standard InChI is InChI=1S/C16H16O3S2/c1-18-12-4-3-10(8-13(12)19-2)7-11(17)15-9-16-14(21-15)5-6-20-16/h3-6,8-9,11,17H,7H2,1-2H3. The van der Waals surface area contributed by atoms with E-state index in [0.29, 0.717) is 17.9 Å². The molecule has 0 bridgehead atoms. The first-order valence-corrected chi connectivity index (χ1v) is 8.27. The molecule has 0 spiro atoms. The van der Waals surface area contributed by atoms with Crippen molar-refractivity contribution in [2.75, 3.05) is 14.2 Å². The third kappa shape index (κ3) is 2.90. The SMILES string of the molecule is COc1ccc(CC(O)c2cc3sccc3s2)cc1OC. The number of ether oxygens (including phenoxy) is 2. The van der Waals surface area contributed by atoms with Crippen LogP contribution in [0.3, 0.4) is 0 Å². The Morgan fingerprint density at radius 3 is 2.57 bits per heavy atom. The summed E-state index contributed by atoms with van der Waals surface area (Å²) in [6, 6.07) is 9.92. The lowest BCUT2D eigenvalue weighted by atomic mass is 10.1. The van der Waals surface area contributed by atoms with Crippen molar-refractivity contribution in [2.45, 2.75) is 12.5 Å². The number of aliphatic hydroxyl groups is 1. The van der Waals surface area contributed by atoms with Crippen LogP contribution in [0.5, 0.6) is 11.5 Å². The maximum Gasteiger partial charge on any atom is 0.160 e. The molecule has 5 heteroatoms. The Morgan fingerprint density at radius 1 is 1.05 bits per heavy atom. The fraction of sp³-hybridized carbons (Fsp3) is 0.250. The van der Waals surface area contributed by atoms with E-state index >= 15 is 0 Å². The lowest BCUT2D eigenvalue weighted by Crippen LogP contribution is -2.00. The van der Waals surface area contributed by atoms with Crippen LogP contribution in [0.25, 0.3) is 9.40 Å². The maximum absolute atomic E-state index is 10.4. The van der Waals surface area contributed by atoms with Crippen LogP contribution in [0, 0.1) is 0 Å². The normalized spacial score (nSPS) is 12.5. The van der Waals surface area contributed by atoms with Gasteiger partial charge in [-0.05, 0) is 35.2 Å². The number of hydrogen-bond donors (Lipinski definition) is 1. The molecule has 0 fully saturated rings. The largest absolute Gasteiger partial charge is 0.493 e. The van der Waals surface area contributed by atoms with Crippen molar-refractivity contribution in [1.29, 1.82) is 0 Å². The quantitative estimate of drug-likeness (QED) is 0.763. The van der Waals surface area contributed by atoms with Crippen LogP contribution in [-0.2, 0) is 6.42 Å². The van der Waals surface area contributed by atoms with E-state index in [4.69, 9.17) is 9.47 Å². The van der Waals surface area contributed by atoms with Crippen molar-refractivity contribution in [3.05, 3.63) is 46.2 Å². The summed E-state index contributed by atoms with van der Waals surface area (Å²) >= 11 is 3.36. The van der Waals surface area contributed by atoms with E-state index < -0.39 is 6.10 Å². The maximum atomic E-state index is 10.4. The number of aliphatic hydroxyl groups excluding tert-OH is 1. The van der Waals surface area contributed by atoms with Crippen molar-refractivity contribution in [3.63, 3.8) is 0 Å². The highest BCUT2D eigenvalue weighted by Crippen LogP contribution is 2.35. The van der Waals surface area contributed by atoms with E-state index in [1.807, 2.05) is 18.2 Å². The second-order valence-electron chi connectivity index (χ2n) is 4.71. The average molecular weight is 320 g/mol. The Morgan fingerprint density at radius 2 is 1.86 bits per heavy atom. The van der Waals surface area contributed by atoms with E-state index in [9.17, 15) is 5.11 Å². The molecule has 1 N–H and O–H groups in total. The van der Waals surface area contributed by atoms with Gasteiger partial charge in [0.05, 0.1) is 20.3 Å². The fourth-order valence-electron chi connectivity index (χ4n) is 2.28. The molecule has 1 unspecified atom stereocenters. The molecular formula is C16H16O3S2. The van der Waals surface area contributed by atoms with E-state index in [1.54, 1.807) is 36.9 Å². The third-order valence-corrected chi connectivity index (χ3v) is 5.56. The lowest BCUT2D eigenvalue weighted by Gasteiger charge is -2.12. The van der Waals surface area contributed by atoms with Gasteiger partial charge in [0.15, 0.2) is 11.5 Å². The molecule has 1 atom stereocenters. The smallest absolute Gasteiger partial charge is 0.160 e. The summed E-state index contributed by atoms with van der Waals surface area (Å²) in [5, 5.41) is 12.5. The van der Waals surface area contributed by atoms with Crippen LogP contribution < -0.4 is 9.47 Å². The summed E-state index contributed by atoms with van der Waals surface area (Å²) in [4.78, 5) is 1.01. The second kappa shape index (κ2) is 6.05. The number of methoxy groups -OCH3 is 2. The van der Waals surface area contributed by atoms with Crippen LogP contribution in [0.1, 0.15) is 16.5 Å². The highest BCUT2D eigenvalue weighted by molar-refractivity contribution is 7.26. The van der Waals surface area contributed by atoms with Gasteiger partial charge >= 0.3 is 0 Å². The summed E-state index contributed by atoms with van der Waals surface area (Å²) < 4.78 is 13.0. The molecule has 1 aromatic carbocycles. The monoisotopic (exact) mass is 320 g/mol. The van der Waals surface area contributed by atoms with Gasteiger partial charge in [-0.15, -0.1) is 22.7 Å². The zero-order valence-corrected chi connectivity index (χ0v) is 13.5. The predicted octanol–water partition coefficient (Wildman–Crippen LogP) is 4.26. The lowest BCUT2D eigenvalue weighted by molar-refractivity contribution is 0.182. The Bertz CT molecular complexity index is 716. The molecule has 21 heavy (non-hydrogen) atoms. The molecule has 0 amide bonds. The summed E-state index contributed by atoms with van der Waals surface area (Å²) in [5.74, 6) is 1.39. The van der Waals surface area contributed by atoms with Crippen molar-refractivity contribution in [3.8, 4) is 11.5 Å². The summed E-state index contributed by atoms with van der Waals surface area (Å²) in [7, 11) is 3.23. The van der Waals surface area contributed by atoms with Crippen molar-refractivity contribution >= 4 is 32.1 Å². The van der Waals surface area contributed by atoms with E-state index in [2.05, 4.69) is 17.5 Å². The first-order valence-electron chi connectivity index (χ1n) is 6.57. The molecule has 0 aliphatic carbocycles. The molecule has 3 rings (SSSR count). The third-order valence-electron chi connectivity index (χ3n) is 3.36. The molecule has 110 valence electrons. The highest BCUT2D eigenvalue weighted by atomic mass is 32.1. The molecule has 0 saturated carbocycles. The molecule has 3 aromatic rings. The van der Waals surface area contributed by atoms with Crippen molar-refractivity contribution in [2.24, 2.45) is 0 Å². The van der Waals surface area contributed by atoms with Crippen LogP contribution in [0.4, 0.5) is 0 Å². The Hall–Kier alpha value is -1.56. The second-order valence-corrected chi connectivity index (χ2v) is 6.77. The molecule has 2 heterocycles. The van der Waals surface area contributed by atoms with Gasteiger partial charge < -0.3 is 14.6 Å². The van der Waals surface area contributed by atoms with Crippen molar-refractivity contribution < 1.29 is 14.6 Å². The highest BCUT2D eigenvalue weighted by Gasteiger charge is 2.14. The van der Waals surface area contributed by atoms with Crippen LogP contribution >= 0.6 is 22.7 Å². The molecule has 0 radical (unpaired) electrons. The summed E-state index contributed by atoms with van der Waals surface area (Å²) in [6.45, 7) is 0. The van der Waals surface area contributed by atoms with E-state index in [0.717, 1.165) is 10.4 Å². The summed E-state index contributed by atoms with van der Waals surface area (Å²) in [5.41, 5.74) is 1.02. The van der Waals surface area contributed by atoms with Gasteiger partial charge in [-0.25, -0.2) is 0 Å². The molecule has 0 saturated heterocycles. The van der Waals surface area contributed by atoms with Crippen LogP contribution in [0.15, 0.2) is 35.7 Å². The number of fused-ring (bicyclic) bond motifs is 1. The Balaban J connectivity index is 1.80. The van der Waals surface area contributed by atoms with Gasteiger partial charge in [0.2, 0.25) is 0 Å². The molecular weight excluding hydrogens is 304 g/mol. The predicted molar refractivity (Wildman–Crippen MR) is 87.9 cm³/mol. The minimum absolute atomic E-state index is 0.493.